The van der Waals surface area contributed by atoms with Gasteiger partial charge in [0.05, 0.1) is 5.69 Å². The largest absolute Gasteiger partial charge is 0.357 e. The van der Waals surface area contributed by atoms with E-state index in [1.807, 2.05) is 30.3 Å². The van der Waals surface area contributed by atoms with E-state index in [0.717, 1.165) is 49.2 Å². The van der Waals surface area contributed by atoms with E-state index in [0.29, 0.717) is 12.2 Å². The first-order valence-electron chi connectivity index (χ1n) is 10.6. The maximum Gasteiger partial charge on any atom is 0.272 e. The Bertz CT molecular complexity index is 1140. The Morgan fingerprint density at radius 3 is 2.53 bits per heavy atom. The molecule has 0 aliphatic carbocycles. The molecule has 6 nitrogen and oxygen atoms in total. The average Bonchev–Trinajstić information content (AvgIpc) is 3.00. The molecule has 1 aliphatic heterocycles. The van der Waals surface area contributed by atoms with Crippen LogP contribution in [-0.4, -0.2) is 28.4 Å². The normalized spacial score (nSPS) is 14.2. The van der Waals surface area contributed by atoms with Gasteiger partial charge < -0.3 is 15.2 Å². The van der Waals surface area contributed by atoms with E-state index < -0.39 is 29.5 Å². The molecule has 2 amide bonds. The fourth-order valence-corrected chi connectivity index (χ4v) is 4.05. The molecule has 1 aromatic heterocycles. The predicted molar refractivity (Wildman–Crippen MR) is 116 cm³/mol. The average molecular weight is 438 g/mol. The first-order valence-corrected chi connectivity index (χ1v) is 10.6. The Balaban J connectivity index is 1.72. The maximum atomic E-state index is 13.8. The Labute approximate surface area is 184 Å². The molecule has 2 aromatic carbocycles. The number of amides is 2. The standard InChI is InChI=1S/C24H24F2N4O2/c1-27-23(31)20(16-11-12-17(25)18(26)14-16)29-24(32)21-19-10-6-3-7-13-30(19)22(28-21)15-8-4-2-5-9-15/h2,4-5,8-9,11-12,14,20H,3,6-7,10,13H2,1H3,(H,27,31)(H,29,32). The van der Waals surface area contributed by atoms with Crippen LogP contribution < -0.4 is 10.6 Å². The highest BCUT2D eigenvalue weighted by Crippen LogP contribution is 2.28. The number of fused-ring (bicyclic) bond motifs is 1. The van der Waals surface area contributed by atoms with Gasteiger partial charge in [-0.25, -0.2) is 13.8 Å². The molecule has 0 bridgehead atoms. The van der Waals surface area contributed by atoms with Crippen LogP contribution in [0.25, 0.3) is 11.4 Å². The number of hydrogen-bond acceptors (Lipinski definition) is 3. The number of halogens is 2. The SMILES string of the molecule is CNC(=O)C(NC(=O)c1nc(-c2ccccc2)n2c1CCCCC2)c1ccc(F)c(F)c1. The number of rotatable bonds is 5. The van der Waals surface area contributed by atoms with Crippen LogP contribution in [0.4, 0.5) is 8.78 Å². The Hall–Kier alpha value is -3.55. The van der Waals surface area contributed by atoms with Crippen LogP contribution in [0.2, 0.25) is 0 Å². The summed E-state index contributed by atoms with van der Waals surface area (Å²) in [6, 6.07) is 11.6. The zero-order valence-electron chi connectivity index (χ0n) is 17.7. The highest BCUT2D eigenvalue weighted by Gasteiger charge is 2.29. The van der Waals surface area contributed by atoms with E-state index in [4.69, 9.17) is 0 Å². The van der Waals surface area contributed by atoms with Gasteiger partial charge in [0.25, 0.3) is 5.91 Å². The molecule has 2 heterocycles. The third-order valence-electron chi connectivity index (χ3n) is 5.68. The lowest BCUT2D eigenvalue weighted by atomic mass is 10.0. The van der Waals surface area contributed by atoms with Gasteiger partial charge in [0.15, 0.2) is 11.6 Å². The second kappa shape index (κ2) is 9.30. The molecule has 0 radical (unpaired) electrons. The van der Waals surface area contributed by atoms with Crippen molar-refractivity contribution < 1.29 is 18.4 Å². The number of aromatic nitrogens is 2. The van der Waals surface area contributed by atoms with Crippen molar-refractivity contribution in [3.8, 4) is 11.4 Å². The van der Waals surface area contributed by atoms with Crippen molar-refractivity contribution in [2.75, 3.05) is 7.05 Å². The summed E-state index contributed by atoms with van der Waals surface area (Å²) in [6.45, 7) is 0.752. The third-order valence-corrected chi connectivity index (χ3v) is 5.68. The van der Waals surface area contributed by atoms with Crippen molar-refractivity contribution in [1.29, 1.82) is 0 Å². The summed E-state index contributed by atoms with van der Waals surface area (Å²) < 4.78 is 29.3. The second-order valence-corrected chi connectivity index (χ2v) is 7.75. The molecule has 166 valence electrons. The molecule has 1 atom stereocenters. The number of likely N-dealkylation sites (N-methyl/N-ethyl adjacent to an activating group) is 1. The molecule has 2 N–H and O–H groups in total. The van der Waals surface area contributed by atoms with Gasteiger partial charge in [-0.05, 0) is 37.0 Å². The second-order valence-electron chi connectivity index (χ2n) is 7.75. The predicted octanol–water partition coefficient (Wildman–Crippen LogP) is 3.77. The van der Waals surface area contributed by atoms with E-state index in [2.05, 4.69) is 20.2 Å². The zero-order valence-corrected chi connectivity index (χ0v) is 17.7. The monoisotopic (exact) mass is 438 g/mol. The van der Waals surface area contributed by atoms with Gasteiger partial charge in [-0.3, -0.25) is 9.59 Å². The van der Waals surface area contributed by atoms with Crippen molar-refractivity contribution in [2.24, 2.45) is 0 Å². The molecule has 1 aliphatic rings. The number of carbonyl (C=O) groups is 2. The van der Waals surface area contributed by atoms with E-state index in [9.17, 15) is 18.4 Å². The van der Waals surface area contributed by atoms with Gasteiger partial charge in [0.1, 0.15) is 17.6 Å². The van der Waals surface area contributed by atoms with Crippen molar-refractivity contribution >= 4 is 11.8 Å². The summed E-state index contributed by atoms with van der Waals surface area (Å²) in [7, 11) is 1.41. The van der Waals surface area contributed by atoms with E-state index >= 15 is 0 Å². The summed E-state index contributed by atoms with van der Waals surface area (Å²) in [4.78, 5) is 30.4. The fourth-order valence-electron chi connectivity index (χ4n) is 4.05. The molecule has 4 rings (SSSR count). The maximum absolute atomic E-state index is 13.8. The Kier molecular flexibility index (Phi) is 6.30. The molecular formula is C24H24F2N4O2. The molecule has 0 saturated heterocycles. The molecule has 32 heavy (non-hydrogen) atoms. The minimum atomic E-state index is -1.19. The van der Waals surface area contributed by atoms with Crippen LogP contribution in [0.15, 0.2) is 48.5 Å². The Morgan fingerprint density at radius 1 is 1.03 bits per heavy atom. The van der Waals surface area contributed by atoms with Crippen LogP contribution in [0.3, 0.4) is 0 Å². The quantitative estimate of drug-likeness (QED) is 0.637. The van der Waals surface area contributed by atoms with Gasteiger partial charge in [-0.2, -0.15) is 0 Å². The van der Waals surface area contributed by atoms with E-state index in [-0.39, 0.29) is 11.3 Å². The molecule has 0 spiro atoms. The molecule has 0 saturated carbocycles. The van der Waals surface area contributed by atoms with Gasteiger partial charge in [-0.15, -0.1) is 0 Å². The van der Waals surface area contributed by atoms with Crippen molar-refractivity contribution in [3.05, 3.63) is 77.1 Å². The van der Waals surface area contributed by atoms with Crippen LogP contribution in [0.5, 0.6) is 0 Å². The molecule has 8 heteroatoms. The minimum Gasteiger partial charge on any atom is -0.357 e. The van der Waals surface area contributed by atoms with Crippen LogP contribution in [-0.2, 0) is 17.8 Å². The third kappa shape index (κ3) is 4.26. The summed E-state index contributed by atoms with van der Waals surface area (Å²) in [5.41, 5.74) is 2.12. The highest BCUT2D eigenvalue weighted by molar-refractivity contribution is 5.98. The highest BCUT2D eigenvalue weighted by atomic mass is 19.2. The van der Waals surface area contributed by atoms with Crippen molar-refractivity contribution in [2.45, 2.75) is 38.3 Å². The fraction of sp³-hybridized carbons (Fsp3) is 0.292. The van der Waals surface area contributed by atoms with E-state index in [1.54, 1.807) is 0 Å². The smallest absolute Gasteiger partial charge is 0.272 e. The first kappa shape index (κ1) is 21.7. The molecule has 0 fully saturated rings. The molecule has 1 unspecified atom stereocenters. The number of nitrogens with one attached hydrogen (secondary N) is 2. The van der Waals surface area contributed by atoms with Crippen molar-refractivity contribution in [3.63, 3.8) is 0 Å². The molecular weight excluding hydrogens is 414 g/mol. The van der Waals surface area contributed by atoms with Gasteiger partial charge in [0, 0.05) is 19.2 Å². The number of imidazole rings is 1. The summed E-state index contributed by atoms with van der Waals surface area (Å²) in [5.74, 6) is -2.48. The number of benzene rings is 2. The van der Waals surface area contributed by atoms with Crippen LogP contribution in [0.1, 0.15) is 47.1 Å². The zero-order chi connectivity index (χ0) is 22.7. The number of nitrogens with zero attached hydrogens (tertiary/aromatic N) is 2. The summed E-state index contributed by atoms with van der Waals surface area (Å²) in [6.07, 6.45) is 3.66. The number of carbonyl (C=O) groups excluding carboxylic acids is 2. The van der Waals surface area contributed by atoms with Gasteiger partial charge in [0.2, 0.25) is 5.91 Å². The minimum absolute atomic E-state index is 0.144. The number of hydrogen-bond donors (Lipinski definition) is 2. The lowest BCUT2D eigenvalue weighted by Crippen LogP contribution is -2.39. The van der Waals surface area contributed by atoms with Crippen LogP contribution in [0, 0.1) is 11.6 Å². The summed E-state index contributed by atoms with van der Waals surface area (Å²) in [5, 5.41) is 5.13. The lowest BCUT2D eigenvalue weighted by Gasteiger charge is -2.18. The van der Waals surface area contributed by atoms with Crippen molar-refractivity contribution in [1.82, 2.24) is 20.2 Å². The lowest BCUT2D eigenvalue weighted by molar-refractivity contribution is -0.122. The van der Waals surface area contributed by atoms with Gasteiger partial charge >= 0.3 is 0 Å². The van der Waals surface area contributed by atoms with Gasteiger partial charge in [-0.1, -0.05) is 42.8 Å². The first-order chi connectivity index (χ1) is 15.5. The summed E-state index contributed by atoms with van der Waals surface area (Å²) >= 11 is 0. The van der Waals surface area contributed by atoms with E-state index in [1.165, 1.54) is 13.1 Å². The topological polar surface area (TPSA) is 76.0 Å². The molecule has 3 aromatic rings. The Morgan fingerprint density at radius 2 is 1.81 bits per heavy atom. The van der Waals surface area contributed by atoms with Crippen LogP contribution >= 0.6 is 0 Å².